The zero-order chi connectivity index (χ0) is 12.0. The number of allylic oxidation sites excluding steroid dienone is 5. The molecule has 0 aliphatic rings. The molecule has 0 aliphatic heterocycles. The molecule has 0 saturated carbocycles. The van der Waals surface area contributed by atoms with Gasteiger partial charge in [0.15, 0.2) is 0 Å². The third kappa shape index (κ3) is 3.28. The second-order valence-corrected chi connectivity index (χ2v) is 3.42. The molecule has 4 N–H and O–H groups in total. The summed E-state index contributed by atoms with van der Waals surface area (Å²) >= 11 is 0. The minimum atomic E-state index is 0.449. The Bertz CT molecular complexity index is 431. The molecule has 0 aromatic carbocycles. The molecule has 1 aromatic rings. The first-order valence-electron chi connectivity index (χ1n) is 5.12. The Kier molecular flexibility index (Phi) is 4.33. The smallest absolute Gasteiger partial charge is 0.129 e. The lowest BCUT2D eigenvalue weighted by molar-refractivity contribution is 1.15. The molecule has 0 spiro atoms. The highest BCUT2D eigenvalue weighted by molar-refractivity contribution is 5.48. The topological polar surface area (TPSA) is 64.9 Å². The van der Waals surface area contributed by atoms with Gasteiger partial charge in [0.05, 0.1) is 0 Å². The second kappa shape index (κ2) is 5.75. The maximum atomic E-state index is 5.79. The van der Waals surface area contributed by atoms with Crippen LogP contribution in [0.2, 0.25) is 0 Å². The molecular weight excluding hydrogens is 198 g/mol. The first kappa shape index (κ1) is 12.0. The van der Waals surface area contributed by atoms with Crippen LogP contribution < -0.4 is 11.5 Å². The molecule has 1 rings (SSSR count). The molecule has 3 heteroatoms. The van der Waals surface area contributed by atoms with Crippen LogP contribution in [0.4, 0.5) is 11.6 Å². The van der Waals surface area contributed by atoms with Crippen molar-refractivity contribution in [3.05, 3.63) is 54.2 Å². The molecule has 0 atom stereocenters. The van der Waals surface area contributed by atoms with Crippen molar-refractivity contribution in [3.63, 3.8) is 0 Å². The molecular formula is C13H17N3. The van der Waals surface area contributed by atoms with E-state index in [-0.39, 0.29) is 0 Å². The molecule has 1 heterocycles. The van der Waals surface area contributed by atoms with E-state index in [4.69, 9.17) is 11.5 Å². The van der Waals surface area contributed by atoms with Crippen LogP contribution in [0.5, 0.6) is 0 Å². The van der Waals surface area contributed by atoms with Crippen molar-refractivity contribution in [1.82, 2.24) is 4.98 Å². The normalized spacial score (nSPS) is 11.9. The molecule has 0 bridgehead atoms. The Labute approximate surface area is 96.2 Å². The lowest BCUT2D eigenvalue weighted by Crippen LogP contribution is -2.01. The number of aromatic nitrogens is 1. The highest BCUT2D eigenvalue weighted by atomic mass is 14.9. The van der Waals surface area contributed by atoms with Crippen LogP contribution in [0.25, 0.3) is 0 Å². The van der Waals surface area contributed by atoms with Gasteiger partial charge in [0, 0.05) is 6.42 Å². The van der Waals surface area contributed by atoms with Gasteiger partial charge < -0.3 is 11.5 Å². The van der Waals surface area contributed by atoms with Crippen molar-refractivity contribution >= 4 is 11.6 Å². The van der Waals surface area contributed by atoms with Crippen LogP contribution in [0.1, 0.15) is 12.5 Å². The highest BCUT2D eigenvalue weighted by Gasteiger charge is 2.02. The van der Waals surface area contributed by atoms with Crippen molar-refractivity contribution in [2.24, 2.45) is 0 Å². The third-order valence-corrected chi connectivity index (χ3v) is 2.25. The number of rotatable bonds is 4. The number of nitrogens with two attached hydrogens (primary N) is 2. The van der Waals surface area contributed by atoms with E-state index in [1.54, 1.807) is 12.1 Å². The summed E-state index contributed by atoms with van der Waals surface area (Å²) in [6.07, 6.45) is 8.43. The monoisotopic (exact) mass is 215 g/mol. The van der Waals surface area contributed by atoms with Gasteiger partial charge in [0.2, 0.25) is 0 Å². The van der Waals surface area contributed by atoms with Gasteiger partial charge in [0.25, 0.3) is 0 Å². The number of nitrogen functional groups attached to an aromatic ring is 2. The Morgan fingerprint density at radius 3 is 2.75 bits per heavy atom. The van der Waals surface area contributed by atoms with Gasteiger partial charge in [-0.15, -0.1) is 0 Å². The van der Waals surface area contributed by atoms with Gasteiger partial charge in [-0.1, -0.05) is 36.9 Å². The fraction of sp³-hybridized carbons (Fsp3) is 0.154. The van der Waals surface area contributed by atoms with Gasteiger partial charge in [-0.3, -0.25) is 0 Å². The maximum Gasteiger partial charge on any atom is 0.129 e. The van der Waals surface area contributed by atoms with Gasteiger partial charge >= 0.3 is 0 Å². The molecule has 1 aromatic heterocycles. The van der Waals surface area contributed by atoms with Crippen LogP contribution in [-0.2, 0) is 6.42 Å². The summed E-state index contributed by atoms with van der Waals surface area (Å²) in [4.78, 5) is 4.03. The van der Waals surface area contributed by atoms with Crippen LogP contribution in [0.3, 0.4) is 0 Å². The molecule has 3 nitrogen and oxygen atoms in total. The van der Waals surface area contributed by atoms with Crippen LogP contribution in [0.15, 0.2) is 48.6 Å². The molecule has 0 saturated heterocycles. The molecule has 0 radical (unpaired) electrons. The van der Waals surface area contributed by atoms with E-state index >= 15 is 0 Å². The Morgan fingerprint density at radius 2 is 2.19 bits per heavy atom. The minimum Gasteiger partial charge on any atom is -0.384 e. The largest absolute Gasteiger partial charge is 0.384 e. The van der Waals surface area contributed by atoms with E-state index in [2.05, 4.69) is 11.6 Å². The van der Waals surface area contributed by atoms with Crippen LogP contribution in [0, 0.1) is 0 Å². The van der Waals surface area contributed by atoms with Gasteiger partial charge in [0.1, 0.15) is 11.6 Å². The SMILES string of the molecule is C=C/C=C\C(=C/C)Cc1ccc(N)nc1N. The summed E-state index contributed by atoms with van der Waals surface area (Å²) in [6.45, 7) is 5.63. The van der Waals surface area contributed by atoms with Gasteiger partial charge in [-0.25, -0.2) is 4.98 Å². The standard InChI is InChI=1S/C13H17N3/c1-3-5-6-10(4-2)9-11-7-8-12(14)16-13(11)15/h3-8H,1,9H2,2H3,(H4,14,15,16)/b6-5-,10-4+. The Balaban J connectivity index is 2.86. The number of anilines is 2. The number of hydrogen-bond donors (Lipinski definition) is 2. The minimum absolute atomic E-state index is 0.449. The zero-order valence-corrected chi connectivity index (χ0v) is 9.48. The quantitative estimate of drug-likeness (QED) is 0.758. The third-order valence-electron chi connectivity index (χ3n) is 2.25. The lowest BCUT2D eigenvalue weighted by Gasteiger charge is -2.06. The van der Waals surface area contributed by atoms with Gasteiger partial charge in [-0.2, -0.15) is 0 Å². The van der Waals surface area contributed by atoms with Crippen molar-refractivity contribution < 1.29 is 0 Å². The van der Waals surface area contributed by atoms with E-state index < -0.39 is 0 Å². The van der Waals surface area contributed by atoms with Crippen LogP contribution in [-0.4, -0.2) is 4.98 Å². The van der Waals surface area contributed by atoms with Crippen molar-refractivity contribution in [3.8, 4) is 0 Å². The Hall–Kier alpha value is -2.03. The fourth-order valence-corrected chi connectivity index (χ4v) is 1.34. The van der Waals surface area contributed by atoms with Gasteiger partial charge in [-0.05, 0) is 24.1 Å². The van der Waals surface area contributed by atoms with Crippen molar-refractivity contribution in [1.29, 1.82) is 0 Å². The summed E-state index contributed by atoms with van der Waals surface area (Å²) in [7, 11) is 0. The first-order chi connectivity index (χ1) is 7.67. The molecule has 16 heavy (non-hydrogen) atoms. The van der Waals surface area contributed by atoms with E-state index in [0.717, 1.165) is 17.6 Å². The fourth-order valence-electron chi connectivity index (χ4n) is 1.34. The predicted octanol–water partition coefficient (Wildman–Crippen LogP) is 2.48. The summed E-state index contributed by atoms with van der Waals surface area (Å²) in [5.74, 6) is 0.941. The van der Waals surface area contributed by atoms with Crippen LogP contribution >= 0.6 is 0 Å². The average Bonchev–Trinajstić information content (AvgIpc) is 2.27. The number of nitrogens with zero attached hydrogens (tertiary/aromatic N) is 1. The van der Waals surface area contributed by atoms with E-state index in [9.17, 15) is 0 Å². The summed E-state index contributed by atoms with van der Waals surface area (Å²) in [5.41, 5.74) is 13.5. The second-order valence-electron chi connectivity index (χ2n) is 3.42. The summed E-state index contributed by atoms with van der Waals surface area (Å²) in [6, 6.07) is 3.67. The number of pyridine rings is 1. The first-order valence-corrected chi connectivity index (χ1v) is 5.12. The summed E-state index contributed by atoms with van der Waals surface area (Å²) in [5, 5.41) is 0. The van der Waals surface area contributed by atoms with Crippen molar-refractivity contribution in [2.75, 3.05) is 11.5 Å². The lowest BCUT2D eigenvalue weighted by atomic mass is 10.1. The number of hydrogen-bond acceptors (Lipinski definition) is 3. The van der Waals surface area contributed by atoms with E-state index in [1.165, 1.54) is 0 Å². The molecule has 0 aliphatic carbocycles. The van der Waals surface area contributed by atoms with E-state index in [1.807, 2.05) is 31.2 Å². The van der Waals surface area contributed by atoms with E-state index in [0.29, 0.717) is 11.6 Å². The predicted molar refractivity (Wildman–Crippen MR) is 69.9 cm³/mol. The van der Waals surface area contributed by atoms with Crippen molar-refractivity contribution in [2.45, 2.75) is 13.3 Å². The molecule has 84 valence electrons. The maximum absolute atomic E-state index is 5.79. The molecule has 0 unspecified atom stereocenters. The Morgan fingerprint density at radius 1 is 1.44 bits per heavy atom. The zero-order valence-electron chi connectivity index (χ0n) is 9.48. The highest BCUT2D eigenvalue weighted by Crippen LogP contribution is 2.16. The average molecular weight is 215 g/mol. The molecule has 0 amide bonds. The molecule has 0 fully saturated rings. The summed E-state index contributed by atoms with van der Waals surface area (Å²) < 4.78 is 0.